The highest BCUT2D eigenvalue weighted by atomic mass is 16.5. The molecule has 2 rings (SSSR count). The van der Waals surface area contributed by atoms with Crippen molar-refractivity contribution in [3.63, 3.8) is 0 Å². The van der Waals surface area contributed by atoms with Crippen LogP contribution in [0.3, 0.4) is 0 Å². The molecule has 0 radical (unpaired) electrons. The first-order valence-corrected chi connectivity index (χ1v) is 6.50. The van der Waals surface area contributed by atoms with Crippen LogP contribution in [-0.4, -0.2) is 42.8 Å². The van der Waals surface area contributed by atoms with E-state index in [4.69, 9.17) is 10.5 Å². The monoisotopic (exact) mass is 250 g/mol. The van der Waals surface area contributed by atoms with Crippen molar-refractivity contribution in [2.75, 3.05) is 26.7 Å². The Kier molecular flexibility index (Phi) is 4.58. The molecule has 100 valence electrons. The third-order valence-electron chi connectivity index (χ3n) is 3.53. The Hall–Kier alpha value is -1.10. The summed E-state index contributed by atoms with van der Waals surface area (Å²) in [6.45, 7) is 2.96. The summed E-state index contributed by atoms with van der Waals surface area (Å²) in [5.74, 6) is 0.791. The van der Waals surface area contributed by atoms with E-state index in [9.17, 15) is 5.11 Å². The van der Waals surface area contributed by atoms with Gasteiger partial charge in [0.05, 0.1) is 13.2 Å². The first-order valence-electron chi connectivity index (χ1n) is 6.50. The molecule has 1 heterocycles. The van der Waals surface area contributed by atoms with Crippen molar-refractivity contribution in [2.24, 2.45) is 5.73 Å². The summed E-state index contributed by atoms with van der Waals surface area (Å²) < 4.78 is 5.10. The highest BCUT2D eigenvalue weighted by molar-refractivity contribution is 5.29. The number of hydrogen-bond donors (Lipinski definition) is 2. The van der Waals surface area contributed by atoms with E-state index in [1.54, 1.807) is 7.11 Å². The second kappa shape index (κ2) is 6.18. The summed E-state index contributed by atoms with van der Waals surface area (Å²) >= 11 is 0. The van der Waals surface area contributed by atoms with Crippen LogP contribution >= 0.6 is 0 Å². The van der Waals surface area contributed by atoms with Crippen LogP contribution in [0.25, 0.3) is 0 Å². The Morgan fingerprint density at radius 2 is 1.89 bits per heavy atom. The Bertz CT molecular complexity index is 361. The van der Waals surface area contributed by atoms with Crippen LogP contribution in [0.2, 0.25) is 0 Å². The standard InChI is InChI=1S/C14H22N2O2/c1-18-12-6-4-11(5-7-12)14(17)13(15)10-16-8-2-3-9-16/h4-7,13-14,17H,2-3,8-10,15H2,1H3/t13-,14-/m0/s1. The Morgan fingerprint density at radius 3 is 2.44 bits per heavy atom. The molecule has 3 N–H and O–H groups in total. The summed E-state index contributed by atoms with van der Waals surface area (Å²) in [5.41, 5.74) is 6.93. The number of likely N-dealkylation sites (tertiary alicyclic amines) is 1. The van der Waals surface area contributed by atoms with Crippen LogP contribution in [-0.2, 0) is 0 Å². The number of aliphatic hydroxyl groups is 1. The maximum absolute atomic E-state index is 10.2. The predicted octanol–water partition coefficient (Wildman–Crippen LogP) is 1.15. The molecule has 0 unspecified atom stereocenters. The third kappa shape index (κ3) is 3.22. The van der Waals surface area contributed by atoms with Gasteiger partial charge in [-0.2, -0.15) is 0 Å². The quantitative estimate of drug-likeness (QED) is 0.823. The SMILES string of the molecule is COc1ccc([C@H](O)[C@@H](N)CN2CCCC2)cc1. The highest BCUT2D eigenvalue weighted by Gasteiger charge is 2.21. The number of rotatable bonds is 5. The molecule has 0 amide bonds. The lowest BCUT2D eigenvalue weighted by molar-refractivity contribution is 0.125. The second-order valence-electron chi connectivity index (χ2n) is 4.89. The largest absolute Gasteiger partial charge is 0.497 e. The maximum atomic E-state index is 10.2. The van der Waals surface area contributed by atoms with Gasteiger partial charge in [0, 0.05) is 12.6 Å². The number of benzene rings is 1. The number of methoxy groups -OCH3 is 1. The molecule has 1 saturated heterocycles. The van der Waals surface area contributed by atoms with E-state index in [0.29, 0.717) is 0 Å². The van der Waals surface area contributed by atoms with Gasteiger partial charge in [0.25, 0.3) is 0 Å². The molecule has 0 aliphatic carbocycles. The van der Waals surface area contributed by atoms with Gasteiger partial charge in [-0.15, -0.1) is 0 Å². The Labute approximate surface area is 108 Å². The first kappa shape index (κ1) is 13.3. The fourth-order valence-electron chi connectivity index (χ4n) is 2.41. The zero-order valence-corrected chi connectivity index (χ0v) is 10.9. The average Bonchev–Trinajstić information content (AvgIpc) is 2.91. The van der Waals surface area contributed by atoms with E-state index in [1.165, 1.54) is 12.8 Å². The van der Waals surface area contributed by atoms with Crippen LogP contribution in [0, 0.1) is 0 Å². The summed E-state index contributed by atoms with van der Waals surface area (Å²) in [6, 6.07) is 7.19. The van der Waals surface area contributed by atoms with Crippen molar-refractivity contribution in [3.05, 3.63) is 29.8 Å². The third-order valence-corrected chi connectivity index (χ3v) is 3.53. The minimum absolute atomic E-state index is 0.239. The average molecular weight is 250 g/mol. The molecule has 2 atom stereocenters. The van der Waals surface area contributed by atoms with Crippen molar-refractivity contribution in [1.29, 1.82) is 0 Å². The smallest absolute Gasteiger partial charge is 0.118 e. The number of nitrogens with two attached hydrogens (primary N) is 1. The van der Waals surface area contributed by atoms with Gasteiger partial charge in [-0.05, 0) is 43.6 Å². The summed E-state index contributed by atoms with van der Waals surface area (Å²) in [4.78, 5) is 2.32. The zero-order valence-electron chi connectivity index (χ0n) is 10.9. The van der Waals surface area contributed by atoms with Gasteiger partial charge in [0.2, 0.25) is 0 Å². The van der Waals surface area contributed by atoms with Crippen molar-refractivity contribution < 1.29 is 9.84 Å². The summed E-state index contributed by atoms with van der Waals surface area (Å²) in [5, 5.41) is 10.2. The van der Waals surface area contributed by atoms with Gasteiger partial charge in [-0.25, -0.2) is 0 Å². The van der Waals surface area contributed by atoms with Crippen LogP contribution in [0.5, 0.6) is 5.75 Å². The molecule has 4 nitrogen and oxygen atoms in total. The molecule has 1 aromatic carbocycles. The molecule has 1 fully saturated rings. The van der Waals surface area contributed by atoms with Crippen LogP contribution < -0.4 is 10.5 Å². The second-order valence-corrected chi connectivity index (χ2v) is 4.89. The van der Waals surface area contributed by atoms with Crippen molar-refractivity contribution >= 4 is 0 Å². The van der Waals surface area contributed by atoms with E-state index < -0.39 is 6.10 Å². The molecule has 0 aromatic heterocycles. The Morgan fingerprint density at radius 1 is 1.28 bits per heavy atom. The number of hydrogen-bond acceptors (Lipinski definition) is 4. The summed E-state index contributed by atoms with van der Waals surface area (Å²) in [6.07, 6.45) is 1.87. The van der Waals surface area contributed by atoms with E-state index in [1.807, 2.05) is 24.3 Å². The van der Waals surface area contributed by atoms with Crippen molar-refractivity contribution in [3.8, 4) is 5.75 Å². The minimum Gasteiger partial charge on any atom is -0.497 e. The molecule has 4 heteroatoms. The number of aliphatic hydroxyl groups excluding tert-OH is 1. The van der Waals surface area contributed by atoms with Gasteiger partial charge in [0.1, 0.15) is 5.75 Å². The van der Waals surface area contributed by atoms with E-state index >= 15 is 0 Å². The molecular weight excluding hydrogens is 228 g/mol. The highest BCUT2D eigenvalue weighted by Crippen LogP contribution is 2.20. The zero-order chi connectivity index (χ0) is 13.0. The lowest BCUT2D eigenvalue weighted by Crippen LogP contribution is -2.40. The molecule has 0 saturated carbocycles. The normalized spacial score (nSPS) is 19.7. The molecule has 1 aliphatic rings. The Balaban J connectivity index is 1.93. The van der Waals surface area contributed by atoms with Crippen LogP contribution in [0.4, 0.5) is 0 Å². The predicted molar refractivity (Wildman–Crippen MR) is 71.6 cm³/mol. The molecule has 0 spiro atoms. The maximum Gasteiger partial charge on any atom is 0.118 e. The number of nitrogens with zero attached hydrogens (tertiary/aromatic N) is 1. The van der Waals surface area contributed by atoms with Gasteiger partial charge < -0.3 is 20.5 Å². The molecule has 1 aromatic rings. The lowest BCUT2D eigenvalue weighted by Gasteiger charge is -2.24. The summed E-state index contributed by atoms with van der Waals surface area (Å²) in [7, 11) is 1.63. The van der Waals surface area contributed by atoms with Crippen molar-refractivity contribution in [2.45, 2.75) is 25.0 Å². The van der Waals surface area contributed by atoms with Crippen molar-refractivity contribution in [1.82, 2.24) is 4.90 Å². The fourth-order valence-corrected chi connectivity index (χ4v) is 2.41. The van der Waals surface area contributed by atoms with Gasteiger partial charge >= 0.3 is 0 Å². The fraction of sp³-hybridized carbons (Fsp3) is 0.571. The van der Waals surface area contributed by atoms with Gasteiger partial charge in [-0.1, -0.05) is 12.1 Å². The van der Waals surface area contributed by atoms with Gasteiger partial charge in [-0.3, -0.25) is 0 Å². The van der Waals surface area contributed by atoms with E-state index in [2.05, 4.69) is 4.90 Å². The van der Waals surface area contributed by atoms with Crippen LogP contribution in [0.1, 0.15) is 24.5 Å². The van der Waals surface area contributed by atoms with E-state index in [0.717, 1.165) is 30.9 Å². The van der Waals surface area contributed by atoms with Crippen LogP contribution in [0.15, 0.2) is 24.3 Å². The molecular formula is C14H22N2O2. The minimum atomic E-state index is -0.614. The molecule has 18 heavy (non-hydrogen) atoms. The lowest BCUT2D eigenvalue weighted by atomic mass is 10.0. The number of ether oxygens (including phenoxy) is 1. The first-order chi connectivity index (χ1) is 8.70. The topological polar surface area (TPSA) is 58.7 Å². The molecule has 1 aliphatic heterocycles. The van der Waals surface area contributed by atoms with E-state index in [-0.39, 0.29) is 6.04 Å². The van der Waals surface area contributed by atoms with Gasteiger partial charge in [0.15, 0.2) is 0 Å². The molecule has 0 bridgehead atoms.